The summed E-state index contributed by atoms with van der Waals surface area (Å²) in [5, 5.41) is 0. The molecule has 0 saturated carbocycles. The van der Waals surface area contributed by atoms with Crippen LogP contribution in [-0.2, 0) is 16.6 Å². The average molecular weight is 328 g/mol. The smallest absolute Gasteiger partial charge is 0.124 e. The normalized spacial score (nSPS) is 12.3. The molecular formula is C13H11BrFNOS. The Labute approximate surface area is 116 Å². The van der Waals surface area contributed by atoms with Crippen molar-refractivity contribution in [1.29, 1.82) is 0 Å². The predicted molar refractivity (Wildman–Crippen MR) is 75.1 cm³/mol. The molecule has 2 aromatic rings. The molecule has 5 heteroatoms. The van der Waals surface area contributed by atoms with Gasteiger partial charge >= 0.3 is 0 Å². The van der Waals surface area contributed by atoms with Crippen LogP contribution in [0.15, 0.2) is 51.8 Å². The molecule has 0 heterocycles. The zero-order valence-electron chi connectivity index (χ0n) is 9.40. The largest absolute Gasteiger partial charge is 0.399 e. The van der Waals surface area contributed by atoms with E-state index in [4.69, 9.17) is 5.73 Å². The van der Waals surface area contributed by atoms with E-state index in [9.17, 15) is 8.60 Å². The summed E-state index contributed by atoms with van der Waals surface area (Å²) in [5.41, 5.74) is 6.89. The van der Waals surface area contributed by atoms with Crippen molar-refractivity contribution in [2.75, 3.05) is 5.73 Å². The van der Waals surface area contributed by atoms with Crippen molar-refractivity contribution in [1.82, 2.24) is 0 Å². The van der Waals surface area contributed by atoms with Crippen molar-refractivity contribution in [3.63, 3.8) is 0 Å². The SMILES string of the molecule is Nc1cccc(S(=O)Cc2cc(F)cc(Br)c2)c1. The van der Waals surface area contributed by atoms with Crippen molar-refractivity contribution >= 4 is 32.4 Å². The predicted octanol–water partition coefficient (Wildman–Crippen LogP) is 3.48. The molecule has 2 rings (SSSR count). The second-order valence-corrected chi connectivity index (χ2v) is 6.21. The van der Waals surface area contributed by atoms with Crippen LogP contribution in [-0.4, -0.2) is 4.21 Å². The molecule has 2 N–H and O–H groups in total. The lowest BCUT2D eigenvalue weighted by molar-refractivity contribution is 0.625. The molecule has 2 nitrogen and oxygen atoms in total. The molecule has 0 amide bonds. The van der Waals surface area contributed by atoms with Crippen LogP contribution in [0.2, 0.25) is 0 Å². The summed E-state index contributed by atoms with van der Waals surface area (Å²) in [5.74, 6) is -0.0799. The molecular weight excluding hydrogens is 317 g/mol. The Morgan fingerprint density at radius 3 is 2.67 bits per heavy atom. The van der Waals surface area contributed by atoms with E-state index in [-0.39, 0.29) is 11.6 Å². The van der Waals surface area contributed by atoms with Crippen LogP contribution < -0.4 is 5.73 Å². The first-order valence-electron chi connectivity index (χ1n) is 5.23. The highest BCUT2D eigenvalue weighted by molar-refractivity contribution is 9.10. The van der Waals surface area contributed by atoms with Gasteiger partial charge in [-0.2, -0.15) is 0 Å². The Hall–Kier alpha value is -1.20. The molecule has 0 bridgehead atoms. The fourth-order valence-corrected chi connectivity index (χ4v) is 3.23. The summed E-state index contributed by atoms with van der Waals surface area (Å²) < 4.78 is 25.9. The van der Waals surface area contributed by atoms with Gasteiger partial charge in [-0.1, -0.05) is 22.0 Å². The van der Waals surface area contributed by atoms with Crippen LogP contribution in [0.3, 0.4) is 0 Å². The van der Waals surface area contributed by atoms with Crippen molar-refractivity contribution in [3.8, 4) is 0 Å². The summed E-state index contributed by atoms with van der Waals surface area (Å²) in [6, 6.07) is 11.4. The van der Waals surface area contributed by atoms with Crippen LogP contribution in [0.25, 0.3) is 0 Å². The summed E-state index contributed by atoms with van der Waals surface area (Å²) in [6.45, 7) is 0. The maximum absolute atomic E-state index is 13.2. The third kappa shape index (κ3) is 3.40. The Kier molecular flexibility index (Phi) is 4.14. The Morgan fingerprint density at radius 2 is 2.00 bits per heavy atom. The van der Waals surface area contributed by atoms with Gasteiger partial charge in [0, 0.05) is 15.1 Å². The molecule has 0 fully saturated rings. The highest BCUT2D eigenvalue weighted by Crippen LogP contribution is 2.19. The number of anilines is 1. The molecule has 0 aliphatic rings. The Balaban J connectivity index is 2.21. The number of hydrogen-bond donors (Lipinski definition) is 1. The molecule has 0 aliphatic carbocycles. The van der Waals surface area contributed by atoms with Gasteiger partial charge in [0.1, 0.15) is 5.82 Å². The fourth-order valence-electron chi connectivity index (χ4n) is 1.59. The molecule has 94 valence electrons. The second-order valence-electron chi connectivity index (χ2n) is 3.84. The first-order valence-corrected chi connectivity index (χ1v) is 7.35. The van der Waals surface area contributed by atoms with Gasteiger partial charge in [-0.25, -0.2) is 4.39 Å². The maximum Gasteiger partial charge on any atom is 0.124 e. The summed E-state index contributed by atoms with van der Waals surface area (Å²) in [4.78, 5) is 0.649. The van der Waals surface area contributed by atoms with E-state index in [0.717, 1.165) is 0 Å². The number of rotatable bonds is 3. The number of hydrogen-bond acceptors (Lipinski definition) is 2. The lowest BCUT2D eigenvalue weighted by Gasteiger charge is -2.04. The first kappa shape index (κ1) is 13.2. The molecule has 1 unspecified atom stereocenters. The Morgan fingerprint density at radius 1 is 1.22 bits per heavy atom. The van der Waals surface area contributed by atoms with Gasteiger partial charge in [0.15, 0.2) is 0 Å². The highest BCUT2D eigenvalue weighted by Gasteiger charge is 2.07. The van der Waals surface area contributed by atoms with Crippen molar-refractivity contribution < 1.29 is 8.60 Å². The quantitative estimate of drug-likeness (QED) is 0.877. The van der Waals surface area contributed by atoms with E-state index in [2.05, 4.69) is 15.9 Å². The van der Waals surface area contributed by atoms with E-state index >= 15 is 0 Å². The van der Waals surface area contributed by atoms with Gasteiger partial charge in [-0.15, -0.1) is 0 Å². The first-order chi connectivity index (χ1) is 8.54. The number of halogens is 2. The zero-order chi connectivity index (χ0) is 13.1. The highest BCUT2D eigenvalue weighted by atomic mass is 79.9. The fraction of sp³-hybridized carbons (Fsp3) is 0.0769. The summed E-state index contributed by atoms with van der Waals surface area (Å²) in [7, 11) is -1.23. The van der Waals surface area contributed by atoms with Crippen LogP contribution >= 0.6 is 15.9 Å². The molecule has 2 aromatic carbocycles. The van der Waals surface area contributed by atoms with Gasteiger partial charge in [-0.3, -0.25) is 4.21 Å². The molecule has 0 aliphatic heterocycles. The molecule has 0 aromatic heterocycles. The van der Waals surface area contributed by atoms with Crippen molar-refractivity contribution in [3.05, 3.63) is 58.3 Å². The Bertz CT molecular complexity index is 583. The number of nitrogens with two attached hydrogens (primary N) is 1. The van der Waals surface area contributed by atoms with Crippen molar-refractivity contribution in [2.24, 2.45) is 0 Å². The molecule has 18 heavy (non-hydrogen) atoms. The topological polar surface area (TPSA) is 43.1 Å². The van der Waals surface area contributed by atoms with E-state index in [1.165, 1.54) is 12.1 Å². The molecule has 0 spiro atoms. The zero-order valence-corrected chi connectivity index (χ0v) is 11.8. The van der Waals surface area contributed by atoms with E-state index < -0.39 is 10.8 Å². The third-order valence-corrected chi connectivity index (χ3v) is 4.17. The lowest BCUT2D eigenvalue weighted by Crippen LogP contribution is -1.98. The van der Waals surface area contributed by atoms with E-state index in [0.29, 0.717) is 20.6 Å². The minimum Gasteiger partial charge on any atom is -0.399 e. The summed E-state index contributed by atoms with van der Waals surface area (Å²) >= 11 is 3.21. The summed E-state index contributed by atoms with van der Waals surface area (Å²) in [6.07, 6.45) is 0. The van der Waals surface area contributed by atoms with Gasteiger partial charge in [-0.05, 0) is 42.0 Å². The van der Waals surface area contributed by atoms with E-state index in [1.807, 2.05) is 0 Å². The molecule has 0 radical (unpaired) electrons. The van der Waals surface area contributed by atoms with Crippen LogP contribution in [0.4, 0.5) is 10.1 Å². The van der Waals surface area contributed by atoms with Crippen LogP contribution in [0.1, 0.15) is 5.56 Å². The molecule has 1 atom stereocenters. The third-order valence-electron chi connectivity index (χ3n) is 2.34. The van der Waals surface area contributed by atoms with Crippen LogP contribution in [0.5, 0.6) is 0 Å². The maximum atomic E-state index is 13.2. The van der Waals surface area contributed by atoms with Gasteiger partial charge in [0.2, 0.25) is 0 Å². The van der Waals surface area contributed by atoms with Crippen molar-refractivity contribution in [2.45, 2.75) is 10.6 Å². The minimum atomic E-state index is -1.23. The number of benzene rings is 2. The second kappa shape index (κ2) is 5.63. The number of nitrogen functional groups attached to an aromatic ring is 1. The lowest BCUT2D eigenvalue weighted by atomic mass is 10.2. The van der Waals surface area contributed by atoms with Gasteiger partial charge in [0.25, 0.3) is 0 Å². The van der Waals surface area contributed by atoms with Crippen LogP contribution in [0, 0.1) is 5.82 Å². The molecule has 0 saturated heterocycles. The average Bonchev–Trinajstić information content (AvgIpc) is 2.27. The monoisotopic (exact) mass is 327 g/mol. The van der Waals surface area contributed by atoms with Gasteiger partial charge < -0.3 is 5.73 Å². The minimum absolute atomic E-state index is 0.264. The standard InChI is InChI=1S/C13H11BrFNOS/c14-10-4-9(5-11(15)6-10)8-18(17)13-3-1-2-12(16)7-13/h1-7H,8,16H2. The van der Waals surface area contributed by atoms with Gasteiger partial charge in [0.05, 0.1) is 16.6 Å². The van der Waals surface area contributed by atoms with E-state index in [1.54, 1.807) is 30.3 Å².